The van der Waals surface area contributed by atoms with Crippen molar-refractivity contribution in [2.75, 3.05) is 0 Å². The van der Waals surface area contributed by atoms with Crippen molar-refractivity contribution in [2.45, 2.75) is 38.0 Å². The first kappa shape index (κ1) is 9.59. The van der Waals surface area contributed by atoms with Gasteiger partial charge in [-0.05, 0) is 44.4 Å². The molecule has 1 aromatic heterocycles. The number of rotatable bonds is 2. The van der Waals surface area contributed by atoms with E-state index in [0.717, 1.165) is 18.4 Å². The zero-order valence-electron chi connectivity index (χ0n) is 8.42. The van der Waals surface area contributed by atoms with Gasteiger partial charge in [-0.2, -0.15) is 0 Å². The molecule has 0 aliphatic heterocycles. The average molecular weight is 195 g/mol. The van der Waals surface area contributed by atoms with Crippen LogP contribution in [-0.2, 0) is 11.3 Å². The Morgan fingerprint density at radius 1 is 1.50 bits per heavy atom. The van der Waals surface area contributed by atoms with Gasteiger partial charge in [-0.15, -0.1) is 0 Å². The quantitative estimate of drug-likeness (QED) is 0.785. The number of hydrogen-bond donors (Lipinski definition) is 1. The molecule has 2 rings (SSSR count). The van der Waals surface area contributed by atoms with Crippen LogP contribution >= 0.6 is 0 Å². The van der Waals surface area contributed by atoms with E-state index in [0.29, 0.717) is 5.69 Å². The summed E-state index contributed by atoms with van der Waals surface area (Å²) in [6.45, 7) is 2.94. The summed E-state index contributed by atoms with van der Waals surface area (Å²) < 4.78 is 13.6. The highest BCUT2D eigenvalue weighted by molar-refractivity contribution is 5.29. The Hall–Kier alpha value is -0.960. The molecule has 1 heterocycles. The van der Waals surface area contributed by atoms with E-state index in [1.165, 1.54) is 13.8 Å². The molecular weight excluding hydrogens is 181 g/mol. The number of nitrogens with zero attached hydrogens (tertiary/aromatic N) is 1. The predicted molar refractivity (Wildman–Crippen MR) is 51.5 cm³/mol. The van der Waals surface area contributed by atoms with Gasteiger partial charge in [0.15, 0.2) is 0 Å². The minimum atomic E-state index is -1.44. The minimum absolute atomic E-state index is 0.385. The van der Waals surface area contributed by atoms with Crippen LogP contribution in [0.2, 0.25) is 0 Å². The molecule has 0 amide bonds. The second-order valence-corrected chi connectivity index (χ2v) is 4.43. The van der Waals surface area contributed by atoms with Gasteiger partial charge in [-0.1, -0.05) is 0 Å². The Morgan fingerprint density at radius 2 is 2.14 bits per heavy atom. The smallest absolute Gasteiger partial charge is 0.147 e. The Bertz CT molecular complexity index is 332. The lowest BCUT2D eigenvalue weighted by atomic mass is 10.0. The summed E-state index contributed by atoms with van der Waals surface area (Å²) in [6, 6.07) is 3.41. The van der Waals surface area contributed by atoms with Gasteiger partial charge >= 0.3 is 0 Å². The third kappa shape index (κ3) is 1.64. The maximum Gasteiger partial charge on any atom is 0.147 e. The van der Waals surface area contributed by atoms with E-state index in [2.05, 4.69) is 4.98 Å². The summed E-state index contributed by atoms with van der Waals surface area (Å²) in [7, 11) is 0. The monoisotopic (exact) mass is 195 g/mol. The molecule has 76 valence electrons. The number of hydrogen-bond acceptors (Lipinski definition) is 2. The number of aromatic nitrogens is 1. The minimum Gasteiger partial charge on any atom is -0.385 e. The third-order valence-electron chi connectivity index (χ3n) is 2.63. The molecule has 0 spiro atoms. The molecule has 1 N–H and O–H groups in total. The van der Waals surface area contributed by atoms with Gasteiger partial charge in [0, 0.05) is 6.20 Å². The van der Waals surface area contributed by atoms with Crippen molar-refractivity contribution in [3.05, 3.63) is 29.6 Å². The van der Waals surface area contributed by atoms with E-state index >= 15 is 0 Å². The number of aliphatic hydroxyl groups is 1. The zero-order valence-corrected chi connectivity index (χ0v) is 8.42. The maximum absolute atomic E-state index is 13.6. The summed E-state index contributed by atoms with van der Waals surface area (Å²) in [5.74, 6) is 0. The lowest BCUT2D eigenvalue weighted by molar-refractivity contribution is 0.150. The van der Waals surface area contributed by atoms with Gasteiger partial charge in [0.25, 0.3) is 0 Å². The molecule has 0 bridgehead atoms. The summed E-state index contributed by atoms with van der Waals surface area (Å²) in [5.41, 5.74) is -0.979. The fraction of sp³-hybridized carbons (Fsp3) is 0.545. The predicted octanol–water partition coefficient (Wildman–Crippen LogP) is 2.27. The topological polar surface area (TPSA) is 33.1 Å². The fourth-order valence-corrected chi connectivity index (χ4v) is 1.45. The molecule has 0 saturated heterocycles. The second kappa shape index (κ2) is 2.76. The SMILES string of the molecule is CC(C)(F)c1cc(C2(O)CC2)ccn1. The first-order chi connectivity index (χ1) is 6.42. The van der Waals surface area contributed by atoms with Crippen LogP contribution in [0.3, 0.4) is 0 Å². The van der Waals surface area contributed by atoms with E-state index in [-0.39, 0.29) is 0 Å². The maximum atomic E-state index is 13.6. The van der Waals surface area contributed by atoms with Crippen molar-refractivity contribution < 1.29 is 9.50 Å². The lowest BCUT2D eigenvalue weighted by Gasteiger charge is -2.16. The van der Waals surface area contributed by atoms with Gasteiger partial charge < -0.3 is 5.11 Å². The summed E-state index contributed by atoms with van der Waals surface area (Å²) in [4.78, 5) is 3.97. The van der Waals surface area contributed by atoms with Crippen molar-refractivity contribution in [1.82, 2.24) is 4.98 Å². The van der Waals surface area contributed by atoms with E-state index in [9.17, 15) is 9.50 Å². The largest absolute Gasteiger partial charge is 0.385 e. The van der Waals surface area contributed by atoms with Crippen LogP contribution in [0.1, 0.15) is 37.9 Å². The van der Waals surface area contributed by atoms with Crippen LogP contribution in [0.15, 0.2) is 18.3 Å². The molecule has 3 heteroatoms. The van der Waals surface area contributed by atoms with Crippen LogP contribution in [0.5, 0.6) is 0 Å². The van der Waals surface area contributed by atoms with Gasteiger partial charge in [-0.3, -0.25) is 4.98 Å². The van der Waals surface area contributed by atoms with Crippen LogP contribution in [0.4, 0.5) is 4.39 Å². The normalized spacial score (nSPS) is 19.4. The molecule has 1 saturated carbocycles. The Labute approximate surface area is 82.8 Å². The highest BCUT2D eigenvalue weighted by Crippen LogP contribution is 2.45. The number of alkyl halides is 1. The zero-order chi connectivity index (χ0) is 10.4. The Kier molecular flexibility index (Phi) is 1.89. The summed E-state index contributed by atoms with van der Waals surface area (Å²) in [5, 5.41) is 9.84. The van der Waals surface area contributed by atoms with E-state index < -0.39 is 11.3 Å². The highest BCUT2D eigenvalue weighted by Gasteiger charge is 2.42. The molecule has 0 unspecified atom stereocenters. The molecule has 1 aromatic rings. The van der Waals surface area contributed by atoms with E-state index in [1.807, 2.05) is 0 Å². The molecule has 2 nitrogen and oxygen atoms in total. The fourth-order valence-electron chi connectivity index (χ4n) is 1.45. The van der Waals surface area contributed by atoms with Crippen LogP contribution in [0.25, 0.3) is 0 Å². The first-order valence-corrected chi connectivity index (χ1v) is 4.80. The van der Waals surface area contributed by atoms with Crippen molar-refractivity contribution >= 4 is 0 Å². The van der Waals surface area contributed by atoms with Crippen LogP contribution in [-0.4, -0.2) is 10.1 Å². The molecule has 1 aliphatic carbocycles. The molecule has 1 fully saturated rings. The molecular formula is C11H14FNO. The van der Waals surface area contributed by atoms with E-state index in [4.69, 9.17) is 0 Å². The van der Waals surface area contributed by atoms with Gasteiger partial charge in [-0.25, -0.2) is 4.39 Å². The molecule has 0 radical (unpaired) electrons. The van der Waals surface area contributed by atoms with E-state index in [1.54, 1.807) is 18.3 Å². The van der Waals surface area contributed by atoms with Crippen LogP contribution in [0, 0.1) is 0 Å². The highest BCUT2D eigenvalue weighted by atomic mass is 19.1. The third-order valence-corrected chi connectivity index (χ3v) is 2.63. The Morgan fingerprint density at radius 3 is 2.64 bits per heavy atom. The standard InChI is InChI=1S/C11H14FNO/c1-10(2,12)9-7-8(3-6-13-9)11(14)4-5-11/h3,6-7,14H,4-5H2,1-2H3. The van der Waals surface area contributed by atoms with Crippen molar-refractivity contribution in [3.8, 4) is 0 Å². The van der Waals surface area contributed by atoms with Gasteiger partial charge in [0.2, 0.25) is 0 Å². The van der Waals surface area contributed by atoms with Gasteiger partial charge in [0.05, 0.1) is 11.3 Å². The number of halogens is 1. The number of pyridine rings is 1. The van der Waals surface area contributed by atoms with Crippen LogP contribution < -0.4 is 0 Å². The lowest BCUT2D eigenvalue weighted by Crippen LogP contribution is -2.14. The molecule has 0 aromatic carbocycles. The summed E-state index contributed by atoms with van der Waals surface area (Å²) >= 11 is 0. The van der Waals surface area contributed by atoms with Crippen molar-refractivity contribution in [2.24, 2.45) is 0 Å². The second-order valence-electron chi connectivity index (χ2n) is 4.43. The Balaban J connectivity index is 2.37. The van der Waals surface area contributed by atoms with Crippen molar-refractivity contribution in [1.29, 1.82) is 0 Å². The summed E-state index contributed by atoms with van der Waals surface area (Å²) in [6.07, 6.45) is 3.09. The van der Waals surface area contributed by atoms with Gasteiger partial charge in [0.1, 0.15) is 5.67 Å². The molecule has 14 heavy (non-hydrogen) atoms. The molecule has 0 atom stereocenters. The average Bonchev–Trinajstić information content (AvgIpc) is 2.84. The first-order valence-electron chi connectivity index (χ1n) is 4.80. The molecule has 1 aliphatic rings. The van der Waals surface area contributed by atoms with Crippen molar-refractivity contribution in [3.63, 3.8) is 0 Å².